The summed E-state index contributed by atoms with van der Waals surface area (Å²) < 4.78 is 9.86. The maximum atomic E-state index is 11.6. The number of rotatable bonds is 4. The largest absolute Gasteiger partial charge is 0.508 e. The van der Waals surface area contributed by atoms with Crippen molar-refractivity contribution in [2.24, 2.45) is 0 Å². The van der Waals surface area contributed by atoms with Crippen molar-refractivity contribution in [1.82, 2.24) is 5.32 Å². The summed E-state index contributed by atoms with van der Waals surface area (Å²) in [5.41, 5.74) is 0.609. The second kappa shape index (κ2) is 6.25. The smallest absolute Gasteiger partial charge is 0.336 e. The maximum Gasteiger partial charge on any atom is 0.336 e. The van der Waals surface area contributed by atoms with Crippen LogP contribution in [0, 0.1) is 0 Å². The summed E-state index contributed by atoms with van der Waals surface area (Å²) in [6.45, 7) is 1.73. The first kappa shape index (κ1) is 14.8. The fraction of sp³-hybridized carbons (Fsp3) is 0.357. The third-order valence-electron chi connectivity index (χ3n) is 2.97. The molecule has 0 amide bonds. The summed E-state index contributed by atoms with van der Waals surface area (Å²) >= 11 is 0. The number of carbonyl (C=O) groups is 3. The maximum absolute atomic E-state index is 11.6. The fourth-order valence-corrected chi connectivity index (χ4v) is 1.99. The van der Waals surface area contributed by atoms with Gasteiger partial charge in [0.2, 0.25) is 11.5 Å². The van der Waals surface area contributed by atoms with E-state index in [0.29, 0.717) is 12.1 Å². The van der Waals surface area contributed by atoms with Gasteiger partial charge in [-0.3, -0.25) is 9.59 Å². The molecular weight excluding hydrogens is 278 g/mol. The van der Waals surface area contributed by atoms with Crippen molar-refractivity contribution < 1.29 is 29.0 Å². The SMILES string of the molecule is CC(=O)OC1CNC=C1/C=C/C(=O)OC1=C(O)CCC1=O. The topological polar surface area (TPSA) is 102 Å². The van der Waals surface area contributed by atoms with Crippen molar-refractivity contribution in [2.45, 2.75) is 25.9 Å². The van der Waals surface area contributed by atoms with Gasteiger partial charge in [0.25, 0.3) is 0 Å². The first-order chi connectivity index (χ1) is 9.97. The van der Waals surface area contributed by atoms with Gasteiger partial charge in [0.1, 0.15) is 11.9 Å². The molecule has 2 aliphatic rings. The number of esters is 2. The molecule has 21 heavy (non-hydrogen) atoms. The van der Waals surface area contributed by atoms with Crippen molar-refractivity contribution >= 4 is 17.7 Å². The second-order valence-corrected chi connectivity index (χ2v) is 4.60. The van der Waals surface area contributed by atoms with Crippen LogP contribution in [-0.2, 0) is 23.9 Å². The first-order valence-corrected chi connectivity index (χ1v) is 6.43. The van der Waals surface area contributed by atoms with Crippen LogP contribution in [0.1, 0.15) is 19.8 Å². The normalized spacial score (nSPS) is 21.5. The molecule has 0 radical (unpaired) electrons. The van der Waals surface area contributed by atoms with Crippen molar-refractivity contribution in [3.8, 4) is 0 Å². The highest BCUT2D eigenvalue weighted by atomic mass is 16.5. The molecule has 1 aliphatic carbocycles. The predicted octanol–water partition coefficient (Wildman–Crippen LogP) is 0.637. The molecule has 0 fully saturated rings. The van der Waals surface area contributed by atoms with Crippen LogP contribution in [0.5, 0.6) is 0 Å². The number of carbonyl (C=O) groups excluding carboxylic acids is 3. The van der Waals surface area contributed by atoms with Gasteiger partial charge in [-0.05, 0) is 6.08 Å². The number of nitrogens with one attached hydrogen (secondary N) is 1. The minimum Gasteiger partial charge on any atom is -0.508 e. The molecule has 1 atom stereocenters. The molecule has 112 valence electrons. The number of aliphatic hydroxyl groups is 1. The number of ether oxygens (including phenoxy) is 2. The lowest BCUT2D eigenvalue weighted by Gasteiger charge is -2.11. The molecule has 1 unspecified atom stereocenters. The van der Waals surface area contributed by atoms with Crippen LogP contribution in [0.2, 0.25) is 0 Å². The molecule has 0 aromatic carbocycles. The molecule has 7 heteroatoms. The lowest BCUT2D eigenvalue weighted by molar-refractivity contribution is -0.143. The standard InChI is InChI=1S/C14H15NO6/c1-8(16)20-12-7-15-6-9(12)2-5-13(19)21-14-10(17)3-4-11(14)18/h2,5-6,12,15,17H,3-4,7H2,1H3/b5-2+. The van der Waals surface area contributed by atoms with Crippen molar-refractivity contribution in [3.63, 3.8) is 0 Å². The van der Waals surface area contributed by atoms with Gasteiger partial charge in [-0.2, -0.15) is 0 Å². The number of ketones is 1. The average Bonchev–Trinajstić information content (AvgIpc) is 2.97. The summed E-state index contributed by atoms with van der Waals surface area (Å²) in [5, 5.41) is 12.3. The zero-order valence-corrected chi connectivity index (χ0v) is 11.4. The molecule has 0 spiro atoms. The van der Waals surface area contributed by atoms with E-state index in [-0.39, 0.29) is 24.4 Å². The first-order valence-electron chi connectivity index (χ1n) is 6.43. The zero-order valence-electron chi connectivity index (χ0n) is 11.4. The molecule has 1 aliphatic heterocycles. The van der Waals surface area contributed by atoms with Gasteiger partial charge in [-0.25, -0.2) is 4.79 Å². The average molecular weight is 293 g/mol. The van der Waals surface area contributed by atoms with Gasteiger partial charge in [0.15, 0.2) is 0 Å². The number of allylic oxidation sites excluding steroid dienone is 2. The molecule has 1 heterocycles. The van der Waals surface area contributed by atoms with Crippen LogP contribution in [0.3, 0.4) is 0 Å². The molecule has 2 N–H and O–H groups in total. The van der Waals surface area contributed by atoms with E-state index in [1.54, 1.807) is 6.20 Å². The summed E-state index contributed by atoms with van der Waals surface area (Å²) in [5.74, 6) is -2.09. The van der Waals surface area contributed by atoms with Crippen LogP contribution >= 0.6 is 0 Å². The number of Topliss-reactive ketones (excluding diaryl/α,β-unsaturated/α-hetero) is 1. The second-order valence-electron chi connectivity index (χ2n) is 4.60. The Morgan fingerprint density at radius 2 is 2.19 bits per heavy atom. The van der Waals surface area contributed by atoms with Gasteiger partial charge in [-0.1, -0.05) is 0 Å². The van der Waals surface area contributed by atoms with E-state index in [2.05, 4.69) is 5.32 Å². The van der Waals surface area contributed by atoms with E-state index in [4.69, 9.17) is 9.47 Å². The van der Waals surface area contributed by atoms with Crippen LogP contribution in [0.15, 0.2) is 35.4 Å². The predicted molar refractivity (Wildman–Crippen MR) is 70.8 cm³/mol. The Bertz CT molecular complexity index is 572. The highest BCUT2D eigenvalue weighted by molar-refractivity contribution is 5.99. The van der Waals surface area contributed by atoms with Gasteiger partial charge >= 0.3 is 11.9 Å². The lowest BCUT2D eigenvalue weighted by Crippen LogP contribution is -2.22. The molecule has 2 rings (SSSR count). The van der Waals surface area contributed by atoms with Crippen LogP contribution in [-0.4, -0.2) is 35.5 Å². The molecule has 0 bridgehead atoms. The Hall–Kier alpha value is -2.57. The van der Waals surface area contributed by atoms with Crippen LogP contribution in [0.25, 0.3) is 0 Å². The Kier molecular flexibility index (Phi) is 4.42. The monoisotopic (exact) mass is 293 g/mol. The van der Waals surface area contributed by atoms with E-state index in [1.807, 2.05) is 0 Å². The van der Waals surface area contributed by atoms with Gasteiger partial charge in [-0.15, -0.1) is 0 Å². The van der Waals surface area contributed by atoms with E-state index in [1.165, 1.54) is 13.0 Å². The highest BCUT2D eigenvalue weighted by Crippen LogP contribution is 2.21. The molecular formula is C14H15NO6. The number of aliphatic hydroxyl groups excluding tert-OH is 1. The third kappa shape index (κ3) is 3.71. The van der Waals surface area contributed by atoms with Gasteiger partial charge in [0.05, 0.1) is 6.54 Å². The fourth-order valence-electron chi connectivity index (χ4n) is 1.99. The van der Waals surface area contributed by atoms with Crippen LogP contribution < -0.4 is 5.32 Å². The Morgan fingerprint density at radius 3 is 2.81 bits per heavy atom. The van der Waals surface area contributed by atoms with E-state index >= 15 is 0 Å². The summed E-state index contributed by atoms with van der Waals surface area (Å²) in [6.07, 6.45) is 4.03. The molecule has 0 aromatic heterocycles. The third-order valence-corrected chi connectivity index (χ3v) is 2.97. The quantitative estimate of drug-likeness (QED) is 0.579. The van der Waals surface area contributed by atoms with E-state index in [0.717, 1.165) is 6.08 Å². The Labute approximate surface area is 120 Å². The highest BCUT2D eigenvalue weighted by Gasteiger charge is 2.26. The minimum absolute atomic E-state index is 0.141. The molecule has 0 aromatic rings. The molecule has 0 saturated heterocycles. The van der Waals surface area contributed by atoms with Crippen LogP contribution in [0.4, 0.5) is 0 Å². The Balaban J connectivity index is 1.95. The van der Waals surface area contributed by atoms with Gasteiger partial charge in [0, 0.05) is 37.6 Å². The van der Waals surface area contributed by atoms with Crippen molar-refractivity contribution in [1.29, 1.82) is 0 Å². The van der Waals surface area contributed by atoms with Gasteiger partial charge < -0.3 is 19.9 Å². The van der Waals surface area contributed by atoms with Crippen molar-refractivity contribution in [2.75, 3.05) is 6.54 Å². The summed E-state index contributed by atoms with van der Waals surface area (Å²) in [4.78, 5) is 33.9. The summed E-state index contributed by atoms with van der Waals surface area (Å²) in [6, 6.07) is 0. The van der Waals surface area contributed by atoms with E-state index < -0.39 is 23.8 Å². The van der Waals surface area contributed by atoms with Crippen molar-refractivity contribution in [3.05, 3.63) is 35.4 Å². The summed E-state index contributed by atoms with van der Waals surface area (Å²) in [7, 11) is 0. The molecule has 7 nitrogen and oxygen atoms in total. The lowest BCUT2D eigenvalue weighted by atomic mass is 10.2. The Morgan fingerprint density at radius 1 is 1.43 bits per heavy atom. The number of hydrogen-bond acceptors (Lipinski definition) is 7. The molecule has 0 saturated carbocycles. The minimum atomic E-state index is -0.777. The zero-order chi connectivity index (χ0) is 15.4. The number of hydrogen-bond donors (Lipinski definition) is 2. The van der Waals surface area contributed by atoms with E-state index in [9.17, 15) is 19.5 Å².